The zero-order valence-corrected chi connectivity index (χ0v) is 18.0. The molecule has 2 aliphatic rings. The van der Waals surface area contributed by atoms with Gasteiger partial charge in [0.25, 0.3) is 0 Å². The lowest BCUT2D eigenvalue weighted by atomic mass is 9.85. The van der Waals surface area contributed by atoms with Crippen LogP contribution in [0.5, 0.6) is 5.75 Å². The number of hydrogen-bond acceptors (Lipinski definition) is 3. The van der Waals surface area contributed by atoms with Crippen LogP contribution in [0, 0.1) is 11.8 Å². The maximum atomic E-state index is 9.32. The first kappa shape index (κ1) is 20.7. The van der Waals surface area contributed by atoms with E-state index in [1.165, 1.54) is 54.9 Å². The van der Waals surface area contributed by atoms with E-state index in [1.807, 2.05) is 0 Å². The number of benzene rings is 2. The van der Waals surface area contributed by atoms with Crippen LogP contribution >= 0.6 is 0 Å². The Labute approximate surface area is 176 Å². The monoisotopic (exact) mass is 395 g/mol. The van der Waals surface area contributed by atoms with Crippen LogP contribution in [0.3, 0.4) is 0 Å². The van der Waals surface area contributed by atoms with Crippen molar-refractivity contribution in [1.82, 2.24) is 4.90 Å². The Balaban J connectivity index is 1.34. The van der Waals surface area contributed by atoms with E-state index in [0.717, 1.165) is 44.1 Å². The first-order valence-corrected chi connectivity index (χ1v) is 11.8. The van der Waals surface area contributed by atoms with E-state index < -0.39 is 0 Å². The molecule has 29 heavy (non-hydrogen) atoms. The number of fused-ring (bicyclic) bond motifs is 1. The van der Waals surface area contributed by atoms with Crippen LogP contribution in [0.4, 0.5) is 0 Å². The number of likely N-dealkylation sites (tertiary alicyclic amines) is 1. The Morgan fingerprint density at radius 1 is 0.897 bits per heavy atom. The Morgan fingerprint density at radius 2 is 1.62 bits per heavy atom. The third kappa shape index (κ3) is 5.52. The summed E-state index contributed by atoms with van der Waals surface area (Å²) in [5.41, 5.74) is 1.38. The minimum atomic E-state index is 0.342. The number of nitrogens with zero attached hydrogens (tertiary/aromatic N) is 1. The molecule has 1 heterocycles. The molecule has 0 aromatic heterocycles. The van der Waals surface area contributed by atoms with Gasteiger partial charge in [0, 0.05) is 13.2 Å². The van der Waals surface area contributed by atoms with Crippen LogP contribution in [0.25, 0.3) is 10.8 Å². The van der Waals surface area contributed by atoms with E-state index in [0.29, 0.717) is 18.6 Å². The number of hydrogen-bond donors (Lipinski definition) is 1. The van der Waals surface area contributed by atoms with Crippen molar-refractivity contribution in [1.29, 1.82) is 0 Å². The average Bonchev–Trinajstić information content (AvgIpc) is 2.76. The van der Waals surface area contributed by atoms with Gasteiger partial charge in [-0.2, -0.15) is 0 Å². The normalized spacial score (nSPS) is 24.1. The summed E-state index contributed by atoms with van der Waals surface area (Å²) in [6, 6.07) is 13.4. The summed E-state index contributed by atoms with van der Waals surface area (Å²) in [6.07, 6.45) is 10.4. The van der Waals surface area contributed by atoms with Crippen molar-refractivity contribution in [2.24, 2.45) is 11.8 Å². The summed E-state index contributed by atoms with van der Waals surface area (Å²) in [7, 11) is 0. The number of rotatable bonds is 7. The van der Waals surface area contributed by atoms with E-state index in [2.05, 4.69) is 48.2 Å². The second-order valence-electron chi connectivity index (χ2n) is 9.29. The fraction of sp³-hybridized carbons (Fsp3) is 0.615. The van der Waals surface area contributed by atoms with Crippen LogP contribution in [-0.2, 0) is 6.54 Å². The first-order valence-electron chi connectivity index (χ1n) is 11.8. The third-order valence-corrected chi connectivity index (χ3v) is 7.04. The quantitative estimate of drug-likeness (QED) is 0.645. The molecule has 0 radical (unpaired) electrons. The summed E-state index contributed by atoms with van der Waals surface area (Å²) < 4.78 is 6.33. The third-order valence-electron chi connectivity index (χ3n) is 7.04. The maximum Gasteiger partial charge on any atom is 0.120 e. The van der Waals surface area contributed by atoms with Crippen LogP contribution in [0.2, 0.25) is 0 Å². The predicted molar refractivity (Wildman–Crippen MR) is 120 cm³/mol. The van der Waals surface area contributed by atoms with Gasteiger partial charge in [-0.1, -0.05) is 38.0 Å². The van der Waals surface area contributed by atoms with Crippen molar-refractivity contribution < 1.29 is 9.84 Å². The van der Waals surface area contributed by atoms with Gasteiger partial charge in [0.2, 0.25) is 0 Å². The average molecular weight is 396 g/mol. The minimum Gasteiger partial charge on any atom is -0.490 e. The van der Waals surface area contributed by atoms with Crippen LogP contribution < -0.4 is 4.74 Å². The van der Waals surface area contributed by atoms with Gasteiger partial charge >= 0.3 is 0 Å². The molecular weight excluding hydrogens is 358 g/mol. The molecule has 158 valence electrons. The summed E-state index contributed by atoms with van der Waals surface area (Å²) in [4.78, 5) is 2.51. The fourth-order valence-corrected chi connectivity index (χ4v) is 5.17. The first-order chi connectivity index (χ1) is 14.2. The zero-order chi connectivity index (χ0) is 20.1. The van der Waals surface area contributed by atoms with Gasteiger partial charge in [-0.05, 0) is 98.0 Å². The molecule has 3 heteroatoms. The molecule has 1 aliphatic carbocycles. The van der Waals surface area contributed by atoms with Crippen LogP contribution in [0.15, 0.2) is 36.4 Å². The maximum absolute atomic E-state index is 9.32. The molecule has 0 amide bonds. The Kier molecular flexibility index (Phi) is 7.10. The lowest BCUT2D eigenvalue weighted by molar-refractivity contribution is 0.127. The van der Waals surface area contributed by atoms with Crippen molar-refractivity contribution in [3.63, 3.8) is 0 Å². The van der Waals surface area contributed by atoms with Crippen LogP contribution in [0.1, 0.15) is 63.9 Å². The smallest absolute Gasteiger partial charge is 0.120 e. The largest absolute Gasteiger partial charge is 0.490 e. The number of aliphatic hydroxyl groups is 1. The van der Waals surface area contributed by atoms with Gasteiger partial charge in [0.05, 0.1) is 6.10 Å². The van der Waals surface area contributed by atoms with Gasteiger partial charge in [0.1, 0.15) is 5.75 Å². The molecule has 0 unspecified atom stereocenters. The summed E-state index contributed by atoms with van der Waals surface area (Å²) in [5, 5.41) is 11.9. The molecule has 2 fully saturated rings. The molecule has 0 spiro atoms. The molecule has 2 aromatic carbocycles. The molecule has 1 saturated heterocycles. The van der Waals surface area contributed by atoms with E-state index in [4.69, 9.17) is 4.74 Å². The molecule has 1 aliphatic heterocycles. The Morgan fingerprint density at radius 3 is 2.34 bits per heavy atom. The van der Waals surface area contributed by atoms with Gasteiger partial charge in [-0.25, -0.2) is 0 Å². The van der Waals surface area contributed by atoms with Gasteiger partial charge in [0.15, 0.2) is 0 Å². The highest BCUT2D eigenvalue weighted by Crippen LogP contribution is 2.31. The van der Waals surface area contributed by atoms with Crippen molar-refractivity contribution in [3.8, 4) is 5.75 Å². The van der Waals surface area contributed by atoms with E-state index in [1.54, 1.807) is 0 Å². The van der Waals surface area contributed by atoms with Gasteiger partial charge < -0.3 is 9.84 Å². The van der Waals surface area contributed by atoms with E-state index in [-0.39, 0.29) is 0 Å². The number of piperidine rings is 1. The molecular formula is C26H37NO2. The molecule has 0 bridgehead atoms. The summed E-state index contributed by atoms with van der Waals surface area (Å²) >= 11 is 0. The predicted octanol–water partition coefficient (Wildman–Crippen LogP) is 5.78. The van der Waals surface area contributed by atoms with Crippen molar-refractivity contribution >= 4 is 10.8 Å². The second-order valence-corrected chi connectivity index (χ2v) is 9.29. The van der Waals surface area contributed by atoms with Gasteiger partial charge in [-0.15, -0.1) is 0 Å². The molecule has 2 aromatic rings. The molecule has 3 nitrogen and oxygen atoms in total. The summed E-state index contributed by atoms with van der Waals surface area (Å²) in [5.74, 6) is 2.45. The van der Waals surface area contributed by atoms with Gasteiger partial charge in [-0.3, -0.25) is 4.90 Å². The Bertz CT molecular complexity index is 773. The second kappa shape index (κ2) is 9.95. The summed E-state index contributed by atoms with van der Waals surface area (Å²) in [6.45, 7) is 5.83. The highest BCUT2D eigenvalue weighted by Gasteiger charge is 2.22. The lowest BCUT2D eigenvalue weighted by Gasteiger charge is -2.31. The van der Waals surface area contributed by atoms with Crippen LogP contribution in [-0.4, -0.2) is 35.8 Å². The zero-order valence-electron chi connectivity index (χ0n) is 18.0. The SMILES string of the molecule is CCCC1CCC(Oc2ccc3cc(CN4CCC(CO)CC4)ccc3c2)CC1. The van der Waals surface area contributed by atoms with E-state index in [9.17, 15) is 5.11 Å². The highest BCUT2D eigenvalue weighted by atomic mass is 16.5. The number of aliphatic hydroxyl groups excluding tert-OH is 1. The number of ether oxygens (including phenoxy) is 1. The van der Waals surface area contributed by atoms with E-state index >= 15 is 0 Å². The standard InChI is InChI=1S/C26H37NO2/c1-2-3-20-5-9-25(10-6-20)29-26-11-8-23-16-22(4-7-24(23)17-26)18-27-14-12-21(19-28)13-15-27/h4,7-8,11,16-17,20-21,25,28H,2-3,5-6,9-10,12-15,18-19H2,1H3. The molecule has 0 atom stereocenters. The molecule has 1 saturated carbocycles. The topological polar surface area (TPSA) is 32.7 Å². The lowest BCUT2D eigenvalue weighted by Crippen LogP contribution is -2.34. The molecule has 4 rings (SSSR count). The minimum absolute atomic E-state index is 0.342. The Hall–Kier alpha value is -1.58. The van der Waals surface area contributed by atoms with Crippen molar-refractivity contribution in [2.45, 2.75) is 70.9 Å². The molecule has 1 N–H and O–H groups in total. The van der Waals surface area contributed by atoms with Crippen molar-refractivity contribution in [2.75, 3.05) is 19.7 Å². The highest BCUT2D eigenvalue weighted by molar-refractivity contribution is 5.84. The van der Waals surface area contributed by atoms with Crippen molar-refractivity contribution in [3.05, 3.63) is 42.0 Å². The fourth-order valence-electron chi connectivity index (χ4n) is 5.17.